The van der Waals surface area contributed by atoms with Crippen LogP contribution in [-0.2, 0) is 16.2 Å². The number of sulfonamides is 1. The number of amides is 1. The molecule has 1 N–H and O–H groups in total. The first kappa shape index (κ1) is 21.2. The van der Waals surface area contributed by atoms with Gasteiger partial charge in [-0.1, -0.05) is 11.3 Å². The van der Waals surface area contributed by atoms with Crippen LogP contribution in [-0.4, -0.2) is 59.0 Å². The highest BCUT2D eigenvalue weighted by Crippen LogP contribution is 2.33. The molecule has 29 heavy (non-hydrogen) atoms. The number of nitrogens with one attached hydrogen (secondary N) is 1. The smallest absolute Gasteiger partial charge is 0.347 e. The maximum Gasteiger partial charge on any atom is 0.435 e. The minimum Gasteiger partial charge on any atom is -0.347 e. The molecule has 1 aromatic carbocycles. The quantitative estimate of drug-likeness (QED) is 0.736. The van der Waals surface area contributed by atoms with Crippen LogP contribution in [0.3, 0.4) is 0 Å². The molecule has 1 aliphatic heterocycles. The summed E-state index contributed by atoms with van der Waals surface area (Å²) in [4.78, 5) is 12.5. The van der Waals surface area contributed by atoms with Gasteiger partial charge in [-0.3, -0.25) is 4.79 Å². The summed E-state index contributed by atoms with van der Waals surface area (Å²) in [6, 6.07) is 3.61. The molecular weight excluding hydrogens is 418 g/mol. The molecule has 1 saturated heterocycles. The molecule has 0 aliphatic carbocycles. The zero-order valence-electron chi connectivity index (χ0n) is 15.1. The first-order chi connectivity index (χ1) is 13.5. The number of carbonyl (C=O) groups excluding carboxylic acids is 1. The zero-order chi connectivity index (χ0) is 21.4. The highest BCUT2D eigenvalue weighted by Gasteiger charge is 2.42. The van der Waals surface area contributed by atoms with E-state index in [9.17, 15) is 30.8 Å². The molecule has 1 atom stereocenters. The first-order valence-electron chi connectivity index (χ1n) is 8.51. The van der Waals surface area contributed by atoms with Gasteiger partial charge in [0.2, 0.25) is 10.0 Å². The van der Waals surface area contributed by atoms with Crippen LogP contribution in [0.25, 0.3) is 5.69 Å². The Hall–Kier alpha value is -2.54. The van der Waals surface area contributed by atoms with Gasteiger partial charge >= 0.3 is 6.18 Å². The monoisotopic (exact) mass is 435 g/mol. The molecule has 1 amide bonds. The second kappa shape index (κ2) is 7.71. The van der Waals surface area contributed by atoms with Gasteiger partial charge in [-0.25, -0.2) is 21.8 Å². The molecule has 1 aliphatic rings. The van der Waals surface area contributed by atoms with Gasteiger partial charge in [0.1, 0.15) is 5.82 Å². The van der Waals surface area contributed by atoms with Crippen molar-refractivity contribution in [2.45, 2.75) is 25.1 Å². The Labute approximate surface area is 163 Å². The van der Waals surface area contributed by atoms with Gasteiger partial charge in [-0.2, -0.15) is 13.2 Å². The third kappa shape index (κ3) is 4.72. The van der Waals surface area contributed by atoms with E-state index in [4.69, 9.17) is 0 Å². The van der Waals surface area contributed by atoms with Crippen molar-refractivity contribution in [3.05, 3.63) is 41.5 Å². The van der Waals surface area contributed by atoms with Gasteiger partial charge in [-0.05, 0) is 31.0 Å². The number of piperidine rings is 1. The number of carbonyl (C=O) groups is 1. The molecule has 2 aromatic rings. The Bertz CT molecular complexity index is 1020. The Kier molecular flexibility index (Phi) is 5.63. The summed E-state index contributed by atoms with van der Waals surface area (Å²) in [5.41, 5.74) is -2.67. The Morgan fingerprint density at radius 3 is 2.66 bits per heavy atom. The van der Waals surface area contributed by atoms with Crippen LogP contribution in [0, 0.1) is 5.82 Å². The van der Waals surface area contributed by atoms with Crippen molar-refractivity contribution >= 4 is 15.9 Å². The van der Waals surface area contributed by atoms with Gasteiger partial charge in [0, 0.05) is 19.1 Å². The standard InChI is InChI=1S/C16H17F4N5O3S/c1-29(27,28)24-7-3-5-11(9-24)21-15(26)13-14(16(18,19)20)25(23-22-13)12-6-2-4-10(17)8-12/h2,4,6,8,11H,3,5,7,9H2,1H3,(H,21,26). The molecule has 158 valence electrons. The van der Waals surface area contributed by atoms with Crippen molar-refractivity contribution in [1.82, 2.24) is 24.6 Å². The minimum absolute atomic E-state index is 0.0516. The number of benzene rings is 1. The van der Waals surface area contributed by atoms with Crippen molar-refractivity contribution in [3.8, 4) is 5.69 Å². The number of aromatic nitrogens is 3. The number of alkyl halides is 3. The molecule has 3 rings (SSSR count). The van der Waals surface area contributed by atoms with Crippen LogP contribution in [0.2, 0.25) is 0 Å². The molecule has 0 bridgehead atoms. The average molecular weight is 435 g/mol. The summed E-state index contributed by atoms with van der Waals surface area (Å²) in [5.74, 6) is -1.92. The SMILES string of the molecule is CS(=O)(=O)N1CCCC(NC(=O)c2nnn(-c3cccc(F)c3)c2C(F)(F)F)C1. The van der Waals surface area contributed by atoms with Gasteiger partial charge in [0.05, 0.1) is 11.9 Å². The van der Waals surface area contributed by atoms with Gasteiger partial charge < -0.3 is 5.32 Å². The van der Waals surface area contributed by atoms with Crippen LogP contribution in [0.4, 0.5) is 17.6 Å². The maximum atomic E-state index is 13.6. The number of hydrogen-bond donors (Lipinski definition) is 1. The first-order valence-corrected chi connectivity index (χ1v) is 10.4. The van der Waals surface area contributed by atoms with Crippen LogP contribution in [0.15, 0.2) is 24.3 Å². The van der Waals surface area contributed by atoms with E-state index >= 15 is 0 Å². The number of rotatable bonds is 4. The van der Waals surface area contributed by atoms with Crippen LogP contribution < -0.4 is 5.32 Å². The van der Waals surface area contributed by atoms with E-state index < -0.39 is 45.4 Å². The zero-order valence-corrected chi connectivity index (χ0v) is 16.0. The van der Waals surface area contributed by atoms with E-state index in [1.807, 2.05) is 0 Å². The second-order valence-corrected chi connectivity index (χ2v) is 8.59. The Morgan fingerprint density at radius 2 is 2.03 bits per heavy atom. The van der Waals surface area contributed by atoms with E-state index in [2.05, 4.69) is 15.6 Å². The second-order valence-electron chi connectivity index (χ2n) is 6.61. The molecule has 1 unspecified atom stereocenters. The average Bonchev–Trinajstić information content (AvgIpc) is 3.07. The number of nitrogens with zero attached hydrogens (tertiary/aromatic N) is 4. The molecule has 1 fully saturated rings. The lowest BCUT2D eigenvalue weighted by Gasteiger charge is -2.31. The third-order valence-electron chi connectivity index (χ3n) is 4.39. The van der Waals surface area contributed by atoms with Gasteiger partial charge in [0.25, 0.3) is 5.91 Å². The van der Waals surface area contributed by atoms with Crippen molar-refractivity contribution in [2.75, 3.05) is 19.3 Å². The highest BCUT2D eigenvalue weighted by atomic mass is 32.2. The summed E-state index contributed by atoms with van der Waals surface area (Å²) in [6.45, 7) is 0.221. The van der Waals surface area contributed by atoms with Crippen molar-refractivity contribution in [3.63, 3.8) is 0 Å². The lowest BCUT2D eigenvalue weighted by atomic mass is 10.1. The van der Waals surface area contributed by atoms with Crippen LogP contribution in [0.5, 0.6) is 0 Å². The molecular formula is C16H17F4N5O3S. The lowest BCUT2D eigenvalue weighted by molar-refractivity contribution is -0.143. The molecule has 0 spiro atoms. The number of hydrogen-bond acceptors (Lipinski definition) is 5. The molecule has 8 nitrogen and oxygen atoms in total. The summed E-state index contributed by atoms with van der Waals surface area (Å²) < 4.78 is 79.1. The molecule has 1 aromatic heterocycles. The molecule has 2 heterocycles. The summed E-state index contributed by atoms with van der Waals surface area (Å²) in [7, 11) is -3.49. The van der Waals surface area contributed by atoms with E-state index in [1.54, 1.807) is 0 Å². The summed E-state index contributed by atoms with van der Waals surface area (Å²) in [6.07, 6.45) is -3.13. The molecule has 0 saturated carbocycles. The Balaban J connectivity index is 1.89. The van der Waals surface area contributed by atoms with Crippen LogP contribution in [0.1, 0.15) is 29.0 Å². The van der Waals surface area contributed by atoms with Crippen molar-refractivity contribution in [2.24, 2.45) is 0 Å². The third-order valence-corrected chi connectivity index (χ3v) is 5.66. The van der Waals surface area contributed by atoms with Gasteiger partial charge in [0.15, 0.2) is 11.4 Å². The fourth-order valence-corrected chi connectivity index (χ4v) is 4.00. The lowest BCUT2D eigenvalue weighted by Crippen LogP contribution is -2.49. The van der Waals surface area contributed by atoms with Crippen molar-refractivity contribution in [1.29, 1.82) is 0 Å². The summed E-state index contributed by atoms with van der Waals surface area (Å²) in [5, 5.41) is 9.11. The normalized spacial score (nSPS) is 18.6. The largest absolute Gasteiger partial charge is 0.435 e. The predicted molar refractivity (Wildman–Crippen MR) is 93.2 cm³/mol. The van der Waals surface area contributed by atoms with E-state index in [0.29, 0.717) is 17.5 Å². The minimum atomic E-state index is -4.99. The van der Waals surface area contributed by atoms with Gasteiger partial charge in [-0.15, -0.1) is 5.10 Å². The van der Waals surface area contributed by atoms with E-state index in [-0.39, 0.29) is 18.8 Å². The summed E-state index contributed by atoms with van der Waals surface area (Å²) >= 11 is 0. The maximum absolute atomic E-state index is 13.6. The molecule has 13 heteroatoms. The van der Waals surface area contributed by atoms with E-state index in [0.717, 1.165) is 22.7 Å². The topological polar surface area (TPSA) is 97.2 Å². The fourth-order valence-electron chi connectivity index (χ4n) is 3.09. The van der Waals surface area contributed by atoms with Crippen LogP contribution >= 0.6 is 0 Å². The number of halogens is 4. The molecule has 0 radical (unpaired) electrons. The Morgan fingerprint density at radius 1 is 1.31 bits per heavy atom. The van der Waals surface area contributed by atoms with E-state index in [1.165, 1.54) is 12.1 Å². The van der Waals surface area contributed by atoms with Crippen molar-refractivity contribution < 1.29 is 30.8 Å². The predicted octanol–water partition coefficient (Wildman–Crippen LogP) is 1.58. The highest BCUT2D eigenvalue weighted by molar-refractivity contribution is 7.88. The fraction of sp³-hybridized carbons (Fsp3) is 0.438.